The number of aromatic nitrogens is 4. The Bertz CT molecular complexity index is 2330. The zero-order valence-electron chi connectivity index (χ0n) is 36.4. The summed E-state index contributed by atoms with van der Waals surface area (Å²) in [5.41, 5.74) is 20.9. The predicted molar refractivity (Wildman–Crippen MR) is 234 cm³/mol. The summed E-state index contributed by atoms with van der Waals surface area (Å²) in [5.74, 6) is 2.31. The molecule has 61 heavy (non-hydrogen) atoms. The first-order chi connectivity index (χ1) is 29.2. The Labute approximate surface area is 358 Å². The number of rotatable bonds is 11. The number of aromatic amines is 2. The number of nitrogens with one attached hydrogen (secondary N) is 3. The van der Waals surface area contributed by atoms with Gasteiger partial charge in [0.1, 0.15) is 35.1 Å². The van der Waals surface area contributed by atoms with Crippen LogP contribution in [0.3, 0.4) is 0 Å². The van der Waals surface area contributed by atoms with Crippen LogP contribution >= 0.6 is 0 Å². The van der Waals surface area contributed by atoms with Crippen molar-refractivity contribution in [2.45, 2.75) is 116 Å². The van der Waals surface area contributed by atoms with Crippen molar-refractivity contribution in [1.82, 2.24) is 30.2 Å². The molecule has 1 aromatic carbocycles. The summed E-state index contributed by atoms with van der Waals surface area (Å²) < 4.78 is 28.4. The maximum atomic E-state index is 15.2. The lowest BCUT2D eigenvalue weighted by Gasteiger charge is -2.37. The van der Waals surface area contributed by atoms with Gasteiger partial charge in [-0.3, -0.25) is 9.59 Å². The molecule has 0 saturated carbocycles. The van der Waals surface area contributed by atoms with Crippen LogP contribution in [0.2, 0.25) is 0 Å². The van der Waals surface area contributed by atoms with Crippen LogP contribution in [0, 0.1) is 23.7 Å². The number of nitrogens with two attached hydrogens (primary N) is 2. The fourth-order valence-electron chi connectivity index (χ4n) is 9.77. The summed E-state index contributed by atoms with van der Waals surface area (Å²) in [6, 6.07) is 4.87. The van der Waals surface area contributed by atoms with Crippen molar-refractivity contribution in [2.24, 2.45) is 35.1 Å². The monoisotopic (exact) mass is 832 g/mol. The highest BCUT2D eigenvalue weighted by Gasteiger charge is 2.44. The molecule has 2 bridgehead atoms. The Morgan fingerprint density at radius 1 is 0.967 bits per heavy atom. The van der Waals surface area contributed by atoms with E-state index in [9.17, 15) is 9.59 Å². The van der Waals surface area contributed by atoms with E-state index in [0.29, 0.717) is 18.1 Å². The van der Waals surface area contributed by atoms with Gasteiger partial charge < -0.3 is 41.1 Å². The first-order valence-electron chi connectivity index (χ1n) is 22.0. The normalized spacial score (nSPS) is 25.2. The van der Waals surface area contributed by atoms with Crippen LogP contribution in [-0.4, -0.2) is 68.5 Å². The molecule has 0 spiro atoms. The number of likely N-dealkylation sites (tertiary alicyclic amines) is 1. The molecule has 8 atom stereocenters. The Morgan fingerprint density at radius 2 is 1.74 bits per heavy atom. The van der Waals surface area contributed by atoms with Gasteiger partial charge in [-0.2, -0.15) is 0 Å². The number of allylic oxidation sites excluding steroid dienone is 7. The van der Waals surface area contributed by atoms with Gasteiger partial charge in [0.05, 0.1) is 61.0 Å². The van der Waals surface area contributed by atoms with Crippen molar-refractivity contribution in [3.63, 3.8) is 0 Å². The fourth-order valence-corrected chi connectivity index (χ4v) is 9.77. The number of carbonyl (C=O) groups is 2. The first kappa shape index (κ1) is 42.4. The Morgan fingerprint density at radius 3 is 2.49 bits per heavy atom. The van der Waals surface area contributed by atoms with Gasteiger partial charge in [0.25, 0.3) is 0 Å². The highest BCUT2D eigenvalue weighted by Crippen LogP contribution is 2.51. The molecule has 3 aliphatic carbocycles. The lowest BCUT2D eigenvalue weighted by atomic mass is 9.74. The van der Waals surface area contributed by atoms with Crippen LogP contribution in [-0.2, 0) is 19.1 Å². The average molecular weight is 833 g/mol. The number of nitrogens with zero attached hydrogens (tertiary/aromatic N) is 3. The Hall–Kier alpha value is -5.27. The molecule has 5 aliphatic rings. The third-order valence-electron chi connectivity index (χ3n) is 13.7. The van der Waals surface area contributed by atoms with Crippen molar-refractivity contribution in [3.05, 3.63) is 106 Å². The third kappa shape index (κ3) is 8.26. The summed E-state index contributed by atoms with van der Waals surface area (Å²) in [7, 11) is 1.65. The number of benzene rings is 1. The number of amides is 2. The van der Waals surface area contributed by atoms with E-state index in [0.717, 1.165) is 77.3 Å². The van der Waals surface area contributed by atoms with E-state index in [2.05, 4.69) is 57.5 Å². The second kappa shape index (κ2) is 17.2. The maximum absolute atomic E-state index is 15.2. The van der Waals surface area contributed by atoms with Gasteiger partial charge in [-0.15, -0.1) is 0 Å². The first-order valence-corrected chi connectivity index (χ1v) is 22.0. The SMILES string of the molecule is COC1=CC=C(F)CC1C1OC2=C(CCC(c3cnc(C4CCCN4C(=O)C(N)C(C)C)[nH]3)=C2)C2=Cc3cc(-c4cnc(C(C)NC(=O)C(N)C(C)C)[nH]4)ccc3C(C)C1C2. The minimum Gasteiger partial charge on any atom is -0.501 e. The maximum Gasteiger partial charge on any atom is 0.240 e. The highest BCUT2D eigenvalue weighted by molar-refractivity contribution is 5.83. The summed E-state index contributed by atoms with van der Waals surface area (Å²) in [6.45, 7) is 12.6. The van der Waals surface area contributed by atoms with Gasteiger partial charge in [0.2, 0.25) is 11.8 Å². The molecule has 12 nitrogen and oxygen atoms in total. The molecular weight excluding hydrogens is 772 g/mol. The summed E-state index contributed by atoms with van der Waals surface area (Å²) in [6.07, 6.45) is 15.2. The number of carbonyl (C=O) groups excluding carboxylic acids is 2. The zero-order valence-corrected chi connectivity index (χ0v) is 36.4. The quantitative estimate of drug-likeness (QED) is 0.129. The summed E-state index contributed by atoms with van der Waals surface area (Å²) in [5, 5.41) is 2.99. The van der Waals surface area contributed by atoms with Crippen LogP contribution in [0.4, 0.5) is 4.39 Å². The van der Waals surface area contributed by atoms with Crippen LogP contribution in [0.25, 0.3) is 22.9 Å². The van der Waals surface area contributed by atoms with Gasteiger partial charge in [-0.05, 0) is 109 Å². The molecule has 8 unspecified atom stereocenters. The highest BCUT2D eigenvalue weighted by atomic mass is 19.1. The molecule has 1 fully saturated rings. The molecule has 2 aromatic heterocycles. The number of methoxy groups -OCH3 is 1. The molecule has 0 radical (unpaired) electrons. The topological polar surface area (TPSA) is 177 Å². The van der Waals surface area contributed by atoms with Crippen molar-refractivity contribution in [2.75, 3.05) is 13.7 Å². The van der Waals surface area contributed by atoms with E-state index in [-0.39, 0.29) is 71.8 Å². The standard InChI is InChI=1S/C48H61FN8O4/c1-24(2)42(50)47(58)54-27(6)45-52-22-37(55-45)28-10-13-33-26(5)35-19-31(18-30(33)17-28)34-14-11-29(20-41(34)61-44(35)36-21-32(49)12-15-40(36)60-7)38-23-53-46(56-38)39-9-8-16-57(39)48(59)43(51)25(3)4/h10,12-13,15,17-18,20,22-27,35-36,39,42-44H,8-9,11,14,16,19,21,50-51H2,1-7H3,(H,52,55)(H,53,56)(H,54,58). The molecule has 4 heterocycles. The lowest BCUT2D eigenvalue weighted by Crippen LogP contribution is -2.46. The number of H-pyrrole nitrogens is 2. The van der Waals surface area contributed by atoms with Crippen LogP contribution in [0.1, 0.15) is 127 Å². The van der Waals surface area contributed by atoms with E-state index >= 15 is 4.39 Å². The molecule has 2 amide bonds. The second-order valence-corrected chi connectivity index (χ2v) is 18.3. The largest absolute Gasteiger partial charge is 0.501 e. The lowest BCUT2D eigenvalue weighted by molar-refractivity contribution is -0.134. The van der Waals surface area contributed by atoms with E-state index in [4.69, 9.17) is 25.9 Å². The minimum atomic E-state index is -0.600. The summed E-state index contributed by atoms with van der Waals surface area (Å²) >= 11 is 0. The number of hydrogen-bond acceptors (Lipinski definition) is 8. The molecule has 324 valence electrons. The van der Waals surface area contributed by atoms with Gasteiger partial charge in [-0.25, -0.2) is 14.4 Å². The van der Waals surface area contributed by atoms with E-state index in [1.54, 1.807) is 13.2 Å². The number of imidazole rings is 2. The average Bonchev–Trinajstić information content (AvgIpc) is 4.02. The van der Waals surface area contributed by atoms with Crippen molar-refractivity contribution >= 4 is 23.5 Å². The number of fused-ring (bicyclic) bond motifs is 4. The second-order valence-electron chi connectivity index (χ2n) is 18.3. The molecule has 1 saturated heterocycles. The minimum absolute atomic E-state index is 0.0116. The molecule has 8 rings (SSSR count). The van der Waals surface area contributed by atoms with Crippen LogP contribution < -0.4 is 16.8 Å². The third-order valence-corrected chi connectivity index (χ3v) is 13.7. The Balaban J connectivity index is 1.14. The van der Waals surface area contributed by atoms with Crippen LogP contribution in [0.5, 0.6) is 0 Å². The predicted octanol–water partition coefficient (Wildman–Crippen LogP) is 8.05. The Kier molecular flexibility index (Phi) is 12.0. The smallest absolute Gasteiger partial charge is 0.240 e. The van der Waals surface area contributed by atoms with Crippen molar-refractivity contribution in [1.29, 1.82) is 0 Å². The number of hydrogen-bond donors (Lipinski definition) is 5. The van der Waals surface area contributed by atoms with E-state index in [1.165, 1.54) is 17.2 Å². The molecule has 13 heteroatoms. The number of ether oxygens (including phenoxy) is 2. The van der Waals surface area contributed by atoms with Crippen molar-refractivity contribution < 1.29 is 23.5 Å². The fraction of sp³-hybridized carbons (Fsp3) is 0.500. The van der Waals surface area contributed by atoms with E-state index < -0.39 is 12.1 Å². The summed E-state index contributed by atoms with van der Waals surface area (Å²) in [4.78, 5) is 44.4. The molecule has 3 aromatic rings. The number of halogens is 1. The van der Waals surface area contributed by atoms with Gasteiger partial charge in [0.15, 0.2) is 0 Å². The van der Waals surface area contributed by atoms with Gasteiger partial charge in [0, 0.05) is 24.4 Å². The van der Waals surface area contributed by atoms with E-state index in [1.807, 2.05) is 51.9 Å². The van der Waals surface area contributed by atoms with Crippen molar-refractivity contribution in [3.8, 4) is 11.3 Å². The molecule has 2 aliphatic heterocycles. The molecule has 7 N–H and O–H groups in total. The van der Waals surface area contributed by atoms with Crippen LogP contribution in [0.15, 0.2) is 77.3 Å². The molecular formula is C48H61FN8O4. The zero-order chi connectivity index (χ0) is 43.3. The van der Waals surface area contributed by atoms with Gasteiger partial charge >= 0.3 is 0 Å². The van der Waals surface area contributed by atoms with Gasteiger partial charge in [-0.1, -0.05) is 52.8 Å².